The summed E-state index contributed by atoms with van der Waals surface area (Å²) in [7, 11) is 0. The van der Waals surface area contributed by atoms with Crippen molar-refractivity contribution >= 4 is 38.7 Å². The van der Waals surface area contributed by atoms with E-state index in [-0.39, 0.29) is 6.61 Å². The van der Waals surface area contributed by atoms with E-state index in [1.165, 1.54) is 0 Å². The molecule has 6 heteroatoms. The Morgan fingerprint density at radius 2 is 2.10 bits per heavy atom. The average Bonchev–Trinajstić information content (AvgIpc) is 3.00. The molecule has 5 nitrogen and oxygen atoms in total. The lowest BCUT2D eigenvalue weighted by Crippen LogP contribution is -2.14. The molecule has 0 fully saturated rings. The second kappa shape index (κ2) is 5.97. The van der Waals surface area contributed by atoms with Gasteiger partial charge in [-0.2, -0.15) is 0 Å². The lowest BCUT2D eigenvalue weighted by molar-refractivity contribution is 0.155. The number of hydrogen-bond acceptors (Lipinski definition) is 3. The number of aromatic amines is 1. The molecule has 3 aromatic rings. The molecule has 0 aliphatic carbocycles. The van der Waals surface area contributed by atoms with Crippen LogP contribution in [0.2, 0.25) is 0 Å². The summed E-state index contributed by atoms with van der Waals surface area (Å²) >= 11 is 3.41. The second-order valence-electron chi connectivity index (χ2n) is 4.41. The van der Waals surface area contributed by atoms with Gasteiger partial charge in [-0.15, -0.1) is 0 Å². The lowest BCUT2D eigenvalue weighted by Gasteiger charge is -2.07. The van der Waals surface area contributed by atoms with Gasteiger partial charge in [0.05, 0.1) is 5.52 Å². The molecule has 0 aliphatic heterocycles. The maximum absolute atomic E-state index is 11.8. The van der Waals surface area contributed by atoms with Crippen LogP contribution in [0.3, 0.4) is 0 Å². The maximum atomic E-state index is 11.8. The number of nitrogens with zero attached hydrogens (tertiary/aromatic N) is 1. The first-order valence-electron chi connectivity index (χ1n) is 6.33. The molecule has 0 atom stereocenters. The Morgan fingerprint density at radius 3 is 2.90 bits per heavy atom. The maximum Gasteiger partial charge on any atom is 0.413 e. The Labute approximate surface area is 129 Å². The van der Waals surface area contributed by atoms with Crippen LogP contribution >= 0.6 is 15.9 Å². The first-order valence-corrected chi connectivity index (χ1v) is 7.12. The van der Waals surface area contributed by atoms with Crippen LogP contribution in [0, 0.1) is 0 Å². The SMILES string of the molecule is O=C(Nc1ncc(Br)c2cc[nH]c12)OCc1ccccc1. The Hall–Kier alpha value is -2.34. The third-order valence-electron chi connectivity index (χ3n) is 2.98. The topological polar surface area (TPSA) is 67.0 Å². The number of ether oxygens (including phenoxy) is 1. The fraction of sp³-hybridized carbons (Fsp3) is 0.0667. The van der Waals surface area contributed by atoms with Crippen molar-refractivity contribution < 1.29 is 9.53 Å². The summed E-state index contributed by atoms with van der Waals surface area (Å²) < 4.78 is 6.03. The van der Waals surface area contributed by atoms with E-state index in [0.29, 0.717) is 5.82 Å². The predicted octanol–water partition coefficient (Wildman–Crippen LogP) is 4.07. The number of hydrogen-bond donors (Lipinski definition) is 2. The molecule has 2 N–H and O–H groups in total. The first-order chi connectivity index (χ1) is 10.2. The molecular weight excluding hydrogens is 334 g/mol. The van der Waals surface area contributed by atoms with Crippen molar-refractivity contribution in [3.05, 3.63) is 58.8 Å². The van der Waals surface area contributed by atoms with Crippen molar-refractivity contribution in [2.45, 2.75) is 6.61 Å². The van der Waals surface area contributed by atoms with E-state index in [2.05, 4.69) is 31.2 Å². The third kappa shape index (κ3) is 3.05. The average molecular weight is 346 g/mol. The molecule has 0 bridgehead atoms. The van der Waals surface area contributed by atoms with Crippen molar-refractivity contribution in [1.29, 1.82) is 0 Å². The van der Waals surface area contributed by atoms with Gasteiger partial charge < -0.3 is 9.72 Å². The van der Waals surface area contributed by atoms with Gasteiger partial charge in [0.2, 0.25) is 0 Å². The van der Waals surface area contributed by atoms with Crippen LogP contribution in [0.5, 0.6) is 0 Å². The summed E-state index contributed by atoms with van der Waals surface area (Å²) in [6.45, 7) is 0.219. The highest BCUT2D eigenvalue weighted by molar-refractivity contribution is 9.10. The van der Waals surface area contributed by atoms with Gasteiger partial charge in [0.25, 0.3) is 0 Å². The van der Waals surface area contributed by atoms with Crippen molar-refractivity contribution in [3.63, 3.8) is 0 Å². The minimum Gasteiger partial charge on any atom is -0.444 e. The van der Waals surface area contributed by atoms with Crippen LogP contribution in [0.25, 0.3) is 10.9 Å². The molecule has 0 unspecified atom stereocenters. The minimum atomic E-state index is -0.537. The number of carbonyl (C=O) groups is 1. The number of anilines is 1. The molecule has 1 aromatic carbocycles. The number of rotatable bonds is 3. The Morgan fingerprint density at radius 1 is 1.29 bits per heavy atom. The number of H-pyrrole nitrogens is 1. The molecule has 2 aromatic heterocycles. The molecule has 106 valence electrons. The molecule has 1 amide bonds. The van der Waals surface area contributed by atoms with Crippen LogP contribution in [-0.2, 0) is 11.3 Å². The van der Waals surface area contributed by atoms with Gasteiger partial charge in [-0.3, -0.25) is 5.32 Å². The quantitative estimate of drug-likeness (QED) is 0.751. The zero-order valence-corrected chi connectivity index (χ0v) is 12.6. The van der Waals surface area contributed by atoms with Gasteiger partial charge >= 0.3 is 6.09 Å². The highest BCUT2D eigenvalue weighted by Crippen LogP contribution is 2.26. The van der Waals surface area contributed by atoms with Gasteiger partial charge in [-0.25, -0.2) is 9.78 Å². The molecule has 21 heavy (non-hydrogen) atoms. The summed E-state index contributed by atoms with van der Waals surface area (Å²) in [6, 6.07) is 11.4. The number of pyridine rings is 1. The Balaban J connectivity index is 1.69. The first kappa shape index (κ1) is 13.6. The van der Waals surface area contributed by atoms with Gasteiger partial charge in [-0.1, -0.05) is 30.3 Å². The molecule has 3 rings (SSSR count). The van der Waals surface area contributed by atoms with E-state index in [1.54, 1.807) is 12.4 Å². The number of halogens is 1. The monoisotopic (exact) mass is 345 g/mol. The predicted molar refractivity (Wildman–Crippen MR) is 84.0 cm³/mol. The van der Waals surface area contributed by atoms with E-state index in [9.17, 15) is 4.79 Å². The van der Waals surface area contributed by atoms with Crippen LogP contribution in [0.1, 0.15) is 5.56 Å². The van der Waals surface area contributed by atoms with E-state index in [0.717, 1.165) is 20.9 Å². The van der Waals surface area contributed by atoms with Crippen molar-refractivity contribution in [1.82, 2.24) is 9.97 Å². The minimum absolute atomic E-state index is 0.219. The number of nitrogens with one attached hydrogen (secondary N) is 2. The number of fused-ring (bicyclic) bond motifs is 1. The molecule has 2 heterocycles. The Bertz CT molecular complexity index is 771. The third-order valence-corrected chi connectivity index (χ3v) is 3.61. The van der Waals surface area contributed by atoms with Gasteiger partial charge in [0.1, 0.15) is 6.61 Å². The Kier molecular flexibility index (Phi) is 3.87. The molecule has 0 aliphatic rings. The number of carbonyl (C=O) groups excluding carboxylic acids is 1. The summed E-state index contributed by atoms with van der Waals surface area (Å²) in [5, 5.41) is 3.59. The lowest BCUT2D eigenvalue weighted by atomic mass is 10.2. The normalized spacial score (nSPS) is 10.5. The summed E-state index contributed by atoms with van der Waals surface area (Å²) in [5.41, 5.74) is 1.68. The van der Waals surface area contributed by atoms with Gasteiger partial charge in [-0.05, 0) is 27.6 Å². The van der Waals surface area contributed by atoms with Crippen molar-refractivity contribution in [2.75, 3.05) is 5.32 Å². The summed E-state index contributed by atoms with van der Waals surface area (Å²) in [5.74, 6) is 0.441. The molecule has 0 spiro atoms. The standard InChI is InChI=1S/C15H12BrN3O2/c16-12-8-18-14(13-11(12)6-7-17-13)19-15(20)21-9-10-4-2-1-3-5-10/h1-8,17H,9H2,(H,18,19,20). The highest BCUT2D eigenvalue weighted by atomic mass is 79.9. The van der Waals surface area contributed by atoms with Crippen LogP contribution in [0.15, 0.2) is 53.3 Å². The number of benzene rings is 1. The highest BCUT2D eigenvalue weighted by Gasteiger charge is 2.11. The molecule has 0 radical (unpaired) electrons. The molecular formula is C15H12BrN3O2. The van der Waals surface area contributed by atoms with E-state index >= 15 is 0 Å². The fourth-order valence-corrected chi connectivity index (χ4v) is 2.40. The fourth-order valence-electron chi connectivity index (χ4n) is 1.97. The van der Waals surface area contributed by atoms with Crippen molar-refractivity contribution in [3.8, 4) is 0 Å². The zero-order chi connectivity index (χ0) is 14.7. The van der Waals surface area contributed by atoms with E-state index in [1.807, 2.05) is 36.4 Å². The molecule has 0 saturated carbocycles. The van der Waals surface area contributed by atoms with Crippen LogP contribution < -0.4 is 5.32 Å². The zero-order valence-electron chi connectivity index (χ0n) is 11.0. The van der Waals surface area contributed by atoms with E-state index in [4.69, 9.17) is 4.74 Å². The van der Waals surface area contributed by atoms with Crippen LogP contribution in [-0.4, -0.2) is 16.1 Å². The second-order valence-corrected chi connectivity index (χ2v) is 5.26. The number of aromatic nitrogens is 2. The largest absolute Gasteiger partial charge is 0.444 e. The number of amides is 1. The summed E-state index contributed by atoms with van der Waals surface area (Å²) in [4.78, 5) is 19.1. The van der Waals surface area contributed by atoms with Gasteiger partial charge in [0.15, 0.2) is 5.82 Å². The van der Waals surface area contributed by atoms with E-state index < -0.39 is 6.09 Å². The van der Waals surface area contributed by atoms with Gasteiger partial charge in [0, 0.05) is 22.3 Å². The molecule has 0 saturated heterocycles. The smallest absolute Gasteiger partial charge is 0.413 e. The van der Waals surface area contributed by atoms with Crippen molar-refractivity contribution in [2.24, 2.45) is 0 Å². The van der Waals surface area contributed by atoms with Crippen LogP contribution in [0.4, 0.5) is 10.6 Å². The summed E-state index contributed by atoms with van der Waals surface area (Å²) in [6.07, 6.45) is 2.89.